The van der Waals surface area contributed by atoms with Gasteiger partial charge in [0.2, 0.25) is 12.5 Å². The molecule has 0 radical (unpaired) electrons. The fourth-order valence-corrected chi connectivity index (χ4v) is 0.813. The van der Waals surface area contributed by atoms with Crippen molar-refractivity contribution in [2.24, 2.45) is 5.73 Å². The molecule has 0 atom stereocenters. The van der Waals surface area contributed by atoms with Gasteiger partial charge in [-0.1, -0.05) is 11.2 Å². The first kappa shape index (κ1) is 26.0. The number of nitrogens with two attached hydrogens (primary N) is 1. The third kappa shape index (κ3) is 28.9. The Morgan fingerprint density at radius 2 is 2.09 bits per heavy atom. The van der Waals surface area contributed by atoms with E-state index in [2.05, 4.69) is 10.1 Å². The maximum absolute atomic E-state index is 9.67. The van der Waals surface area contributed by atoms with Gasteiger partial charge in [-0.3, -0.25) is 0 Å². The van der Waals surface area contributed by atoms with E-state index in [1.807, 2.05) is 13.8 Å². The van der Waals surface area contributed by atoms with E-state index >= 15 is 0 Å². The second-order valence-corrected chi connectivity index (χ2v) is 3.50. The molecule has 0 aliphatic rings. The van der Waals surface area contributed by atoms with Gasteiger partial charge in [-0.25, -0.2) is 0 Å². The van der Waals surface area contributed by atoms with Crippen LogP contribution < -0.4 is 5.73 Å². The standard InChI is InChI=1S/C6H11O2.C5H8N2O2.C3H7N.CH4O/c1-2-5-8-6-3-4-7;1-8-3-2-5-6-4-7-9-5;1-2-3-4;1-2/h4-5H,2-3,6H2,1H3;4H,2-3H2,1H3;2-3H,4H2,1H3;2H,1H3/q+1;;;/b;;3-2-;. The van der Waals surface area contributed by atoms with Gasteiger partial charge in [0.25, 0.3) is 0 Å². The largest absolute Gasteiger partial charge is 0.405 e. The number of methoxy groups -OCH3 is 1. The molecule has 0 unspecified atom stereocenters. The molecule has 0 saturated carbocycles. The summed E-state index contributed by atoms with van der Waals surface area (Å²) in [5.41, 5.74) is 4.85. The molecule has 8 heteroatoms. The van der Waals surface area contributed by atoms with Gasteiger partial charge in [0, 0.05) is 20.6 Å². The zero-order chi connectivity index (χ0) is 18.2. The summed E-state index contributed by atoms with van der Waals surface area (Å²) in [6.07, 6.45) is 7.60. The Balaban J connectivity index is -0.000000263. The molecule has 1 aromatic rings. The number of aliphatic hydroxyl groups is 1. The van der Waals surface area contributed by atoms with Crippen LogP contribution >= 0.6 is 0 Å². The van der Waals surface area contributed by atoms with Gasteiger partial charge in [0.15, 0.2) is 6.33 Å². The van der Waals surface area contributed by atoms with Crippen molar-refractivity contribution < 1.29 is 23.9 Å². The average Bonchev–Trinajstić information content (AvgIpc) is 3.13. The molecule has 0 aliphatic heterocycles. The predicted molar refractivity (Wildman–Crippen MR) is 88.2 cm³/mol. The fourth-order valence-electron chi connectivity index (χ4n) is 0.813. The number of aldehydes is 1. The smallest absolute Gasteiger partial charge is 0.228 e. The van der Waals surface area contributed by atoms with Gasteiger partial charge < -0.3 is 24.9 Å². The first-order chi connectivity index (χ1) is 11.3. The molecule has 1 aromatic heterocycles. The Bertz CT molecular complexity index is 315. The minimum absolute atomic E-state index is 0.497. The number of aromatic nitrogens is 2. The van der Waals surface area contributed by atoms with Crippen molar-refractivity contribution in [1.29, 1.82) is 0 Å². The van der Waals surface area contributed by atoms with E-state index in [0.29, 0.717) is 31.9 Å². The van der Waals surface area contributed by atoms with Gasteiger partial charge in [0.05, 0.1) is 13.0 Å². The number of carbonyl (C=O) groups excluding carboxylic acids is 1. The van der Waals surface area contributed by atoms with Crippen molar-refractivity contribution in [3.63, 3.8) is 0 Å². The van der Waals surface area contributed by atoms with E-state index in [1.54, 1.807) is 19.8 Å². The van der Waals surface area contributed by atoms with Crippen molar-refractivity contribution in [1.82, 2.24) is 10.1 Å². The average molecular weight is 332 g/mol. The zero-order valence-corrected chi connectivity index (χ0v) is 14.5. The summed E-state index contributed by atoms with van der Waals surface area (Å²) in [7, 11) is 2.64. The highest BCUT2D eigenvalue weighted by Gasteiger charge is 1.95. The second kappa shape index (κ2) is 28.3. The molecule has 3 N–H and O–H groups in total. The summed E-state index contributed by atoms with van der Waals surface area (Å²) in [6.45, 7) is 6.71. The lowest BCUT2D eigenvalue weighted by Gasteiger charge is -1.89. The van der Waals surface area contributed by atoms with Crippen molar-refractivity contribution in [3.8, 4) is 0 Å². The van der Waals surface area contributed by atoms with Gasteiger partial charge in [-0.05, 0) is 20.0 Å². The Kier molecular flexibility index (Phi) is 32.0. The van der Waals surface area contributed by atoms with Gasteiger partial charge in [0.1, 0.15) is 19.3 Å². The van der Waals surface area contributed by atoms with E-state index in [9.17, 15) is 4.79 Å². The van der Waals surface area contributed by atoms with Crippen LogP contribution in [0.2, 0.25) is 0 Å². The van der Waals surface area contributed by atoms with Crippen molar-refractivity contribution in [2.45, 2.75) is 33.1 Å². The molecule has 0 saturated heterocycles. The van der Waals surface area contributed by atoms with Crippen molar-refractivity contribution in [3.05, 3.63) is 31.1 Å². The number of hydrogen-bond acceptors (Lipinski definition) is 8. The maximum atomic E-state index is 9.67. The van der Waals surface area contributed by atoms with E-state index in [4.69, 9.17) is 24.8 Å². The molecule has 134 valence electrons. The Labute approximate surface area is 138 Å². The highest BCUT2D eigenvalue weighted by Crippen LogP contribution is 1.91. The predicted octanol–water partition coefficient (Wildman–Crippen LogP) is 1.51. The molecule has 0 spiro atoms. The van der Waals surface area contributed by atoms with Gasteiger partial charge in [-0.15, -0.1) is 0 Å². The highest BCUT2D eigenvalue weighted by atomic mass is 16.5. The number of carbonyl (C=O) groups is 1. The SMILES string of the molecule is C/C=C\N.CC[CH+]OCCC=O.CO.COCCc1ncno1. The van der Waals surface area contributed by atoms with Crippen LogP contribution in [0.3, 0.4) is 0 Å². The number of hydrogen-bond donors (Lipinski definition) is 2. The number of rotatable bonds is 8. The number of ether oxygens (including phenoxy) is 2. The lowest BCUT2D eigenvalue weighted by atomic mass is 10.5. The molecule has 0 aliphatic carbocycles. The molecule has 1 heterocycles. The fraction of sp³-hybridized carbons (Fsp3) is 0.600. The van der Waals surface area contributed by atoms with Crippen molar-refractivity contribution in [2.75, 3.05) is 27.4 Å². The minimum Gasteiger partial charge on any atom is -0.405 e. The Morgan fingerprint density at radius 1 is 1.43 bits per heavy atom. The summed E-state index contributed by atoms with van der Waals surface area (Å²) in [4.78, 5) is 13.5. The topological polar surface area (TPSA) is 121 Å². The van der Waals surface area contributed by atoms with Crippen LogP contribution in [0.1, 0.15) is 32.6 Å². The molecular formula is C15H30N3O5+. The first-order valence-electron chi connectivity index (χ1n) is 7.15. The molecular weight excluding hydrogens is 302 g/mol. The van der Waals surface area contributed by atoms with Crippen LogP contribution in [-0.4, -0.2) is 49.0 Å². The molecule has 0 bridgehead atoms. The first-order valence-corrected chi connectivity index (χ1v) is 7.15. The molecule has 0 amide bonds. The number of aliphatic hydroxyl groups excluding tert-OH is 1. The van der Waals surface area contributed by atoms with Crippen LogP contribution in [0.4, 0.5) is 0 Å². The maximum Gasteiger partial charge on any atom is 0.228 e. The quantitative estimate of drug-likeness (QED) is 0.417. The van der Waals surface area contributed by atoms with Crippen LogP contribution in [0.15, 0.2) is 23.1 Å². The third-order valence-electron chi connectivity index (χ3n) is 1.76. The summed E-state index contributed by atoms with van der Waals surface area (Å²) in [5, 5.41) is 10.4. The zero-order valence-electron chi connectivity index (χ0n) is 14.5. The minimum atomic E-state index is 0.497. The summed E-state index contributed by atoms with van der Waals surface area (Å²) in [6, 6.07) is 0. The lowest BCUT2D eigenvalue weighted by Crippen LogP contribution is -1.93. The number of allylic oxidation sites excluding steroid dienone is 1. The van der Waals surface area contributed by atoms with Crippen molar-refractivity contribution >= 4 is 6.29 Å². The lowest BCUT2D eigenvalue weighted by molar-refractivity contribution is -0.108. The van der Waals surface area contributed by atoms with Gasteiger partial charge in [-0.2, -0.15) is 9.72 Å². The summed E-state index contributed by atoms with van der Waals surface area (Å²) < 4.78 is 14.3. The van der Waals surface area contributed by atoms with Crippen LogP contribution in [0, 0.1) is 6.61 Å². The summed E-state index contributed by atoms with van der Waals surface area (Å²) in [5.74, 6) is 0.622. The summed E-state index contributed by atoms with van der Waals surface area (Å²) >= 11 is 0. The van der Waals surface area contributed by atoms with Crippen LogP contribution in [0.5, 0.6) is 0 Å². The van der Waals surface area contributed by atoms with Crippen LogP contribution in [-0.2, 0) is 20.7 Å². The van der Waals surface area contributed by atoms with Crippen LogP contribution in [0.25, 0.3) is 0 Å². The third-order valence-corrected chi connectivity index (χ3v) is 1.76. The molecule has 1 rings (SSSR count). The molecule has 0 fully saturated rings. The van der Waals surface area contributed by atoms with E-state index < -0.39 is 0 Å². The normalized spacial score (nSPS) is 8.74. The molecule has 23 heavy (non-hydrogen) atoms. The van der Waals surface area contributed by atoms with E-state index in [1.165, 1.54) is 12.5 Å². The highest BCUT2D eigenvalue weighted by molar-refractivity contribution is 5.49. The van der Waals surface area contributed by atoms with E-state index in [-0.39, 0.29) is 0 Å². The Hall–Kier alpha value is -1.90. The van der Waals surface area contributed by atoms with E-state index in [0.717, 1.165) is 19.8 Å². The number of nitrogens with zero attached hydrogens (tertiary/aromatic N) is 2. The second-order valence-electron chi connectivity index (χ2n) is 3.50. The molecule has 0 aromatic carbocycles. The Morgan fingerprint density at radius 3 is 2.48 bits per heavy atom. The monoisotopic (exact) mass is 332 g/mol. The van der Waals surface area contributed by atoms with Gasteiger partial charge >= 0.3 is 0 Å². The molecule has 8 nitrogen and oxygen atoms in total.